The summed E-state index contributed by atoms with van der Waals surface area (Å²) in [6, 6.07) is 11.3. The van der Waals surface area contributed by atoms with E-state index < -0.39 is 22.0 Å². The lowest BCUT2D eigenvalue weighted by Crippen LogP contribution is -2.30. The molecule has 9 nitrogen and oxygen atoms in total. The number of amidine groups is 1. The van der Waals surface area contributed by atoms with Crippen molar-refractivity contribution in [3.05, 3.63) is 51.9 Å². The number of carbonyl (C=O) groups excluding carboxylic acids is 1. The van der Waals surface area contributed by atoms with Gasteiger partial charge in [0.25, 0.3) is 0 Å². The molecule has 0 saturated carbocycles. The van der Waals surface area contributed by atoms with Crippen LogP contribution in [0.5, 0.6) is 0 Å². The van der Waals surface area contributed by atoms with E-state index in [4.69, 9.17) is 21.5 Å². The molecule has 1 aliphatic rings. The van der Waals surface area contributed by atoms with Gasteiger partial charge >= 0.3 is 12.1 Å². The lowest BCUT2D eigenvalue weighted by Gasteiger charge is -2.17. The summed E-state index contributed by atoms with van der Waals surface area (Å²) in [5.74, 6) is -1.92. The van der Waals surface area contributed by atoms with Crippen molar-refractivity contribution < 1.29 is 36.3 Å². The largest absolute Gasteiger partial charge is 0.490 e. The summed E-state index contributed by atoms with van der Waals surface area (Å²) in [6.45, 7) is 2.80. The molecule has 1 aromatic carbocycles. The van der Waals surface area contributed by atoms with Gasteiger partial charge in [0.2, 0.25) is 15.7 Å². The summed E-state index contributed by atoms with van der Waals surface area (Å²) >= 11 is 6.84. The van der Waals surface area contributed by atoms with Crippen molar-refractivity contribution in [1.82, 2.24) is 15.5 Å². The highest BCUT2D eigenvalue weighted by molar-refractivity contribution is 7.93. The Balaban J connectivity index is 0.000000638. The molecule has 0 saturated heterocycles. The van der Waals surface area contributed by atoms with Gasteiger partial charge in [0.1, 0.15) is 15.9 Å². The number of sulfone groups is 1. The molecular formula is C23H28ClF3N4O5S2. The quantitative estimate of drug-likeness (QED) is 0.340. The van der Waals surface area contributed by atoms with Gasteiger partial charge in [0.15, 0.2) is 0 Å². The molecular weight excluding hydrogens is 569 g/mol. The molecule has 0 atom stereocenters. The average molecular weight is 597 g/mol. The molecule has 15 heteroatoms. The van der Waals surface area contributed by atoms with E-state index in [1.807, 2.05) is 0 Å². The molecule has 0 radical (unpaired) electrons. The summed E-state index contributed by atoms with van der Waals surface area (Å²) < 4.78 is 56.8. The van der Waals surface area contributed by atoms with Gasteiger partial charge in [-0.1, -0.05) is 35.9 Å². The third-order valence-electron chi connectivity index (χ3n) is 5.20. The van der Waals surface area contributed by atoms with Gasteiger partial charge < -0.3 is 20.6 Å². The third kappa shape index (κ3) is 10.6. The minimum Gasteiger partial charge on any atom is -0.475 e. The maximum atomic E-state index is 12.3. The van der Waals surface area contributed by atoms with Gasteiger partial charge in [-0.25, -0.2) is 13.2 Å². The molecule has 1 aliphatic heterocycles. The van der Waals surface area contributed by atoms with Crippen molar-refractivity contribution in [2.24, 2.45) is 4.99 Å². The first-order chi connectivity index (χ1) is 17.8. The molecule has 1 amide bonds. The minimum atomic E-state index is -5.08. The summed E-state index contributed by atoms with van der Waals surface area (Å²) in [6.07, 6.45) is -3.35. The van der Waals surface area contributed by atoms with Crippen molar-refractivity contribution in [3.8, 4) is 0 Å². The Kier molecular flexibility index (Phi) is 12.0. The number of rotatable bonds is 11. The standard InChI is InChI=1S/C21H27ClN4O3S2.C2HF3O2/c1-26(14-10-16-4-6-17(7-5-16)21-24-12-13-25-21)19(27)3-2-11-23-15-31(28,29)20-9-8-18(22)30-20;3-2(4,5)1(6)7/h4-9,23H,2-3,10-15H2,1H3,(H,24,25);(H,6,7). The number of likely N-dealkylation sites (N-methyl/N-ethyl adjacent to an activating group) is 1. The van der Waals surface area contributed by atoms with Crippen LogP contribution in [-0.4, -0.2) is 81.4 Å². The molecule has 0 unspecified atom stereocenters. The van der Waals surface area contributed by atoms with E-state index in [0.717, 1.165) is 42.2 Å². The first kappa shape index (κ1) is 31.5. The predicted molar refractivity (Wildman–Crippen MR) is 139 cm³/mol. The number of carboxylic acids is 1. The van der Waals surface area contributed by atoms with E-state index in [2.05, 4.69) is 39.9 Å². The van der Waals surface area contributed by atoms with Crippen LogP contribution in [0.15, 0.2) is 45.6 Å². The summed E-state index contributed by atoms with van der Waals surface area (Å²) in [5.41, 5.74) is 2.25. The summed E-state index contributed by atoms with van der Waals surface area (Å²) in [5, 5.41) is 13.3. The molecule has 3 N–H and O–H groups in total. The molecule has 0 bridgehead atoms. The molecule has 3 rings (SSSR count). The predicted octanol–water partition coefficient (Wildman–Crippen LogP) is 3.19. The number of halogens is 4. The molecule has 38 heavy (non-hydrogen) atoms. The van der Waals surface area contributed by atoms with E-state index >= 15 is 0 Å². The maximum absolute atomic E-state index is 12.3. The van der Waals surface area contributed by atoms with Crippen LogP contribution in [0.4, 0.5) is 13.2 Å². The van der Waals surface area contributed by atoms with Crippen LogP contribution < -0.4 is 10.6 Å². The highest BCUT2D eigenvalue weighted by atomic mass is 35.5. The Morgan fingerprint density at radius 2 is 1.87 bits per heavy atom. The Hall–Kier alpha value is -2.68. The molecule has 210 valence electrons. The average Bonchev–Trinajstić information content (AvgIpc) is 3.55. The molecule has 1 aromatic heterocycles. The Morgan fingerprint density at radius 3 is 2.39 bits per heavy atom. The fourth-order valence-corrected chi connectivity index (χ4v) is 5.84. The second-order valence-corrected chi connectivity index (χ2v) is 12.1. The van der Waals surface area contributed by atoms with Gasteiger partial charge in [-0.15, -0.1) is 11.3 Å². The second-order valence-electron chi connectivity index (χ2n) is 8.14. The maximum Gasteiger partial charge on any atom is 0.490 e. The lowest BCUT2D eigenvalue weighted by molar-refractivity contribution is -0.192. The first-order valence-corrected chi connectivity index (χ1v) is 14.2. The van der Waals surface area contributed by atoms with Crippen molar-refractivity contribution in [2.75, 3.05) is 39.1 Å². The number of benzene rings is 1. The van der Waals surface area contributed by atoms with E-state index in [0.29, 0.717) is 30.3 Å². The number of aliphatic imine (C=N–C) groups is 1. The highest BCUT2D eigenvalue weighted by Crippen LogP contribution is 2.26. The third-order valence-corrected chi connectivity index (χ3v) is 8.57. The number of hydrogen-bond acceptors (Lipinski definition) is 8. The van der Waals surface area contributed by atoms with E-state index in [-0.39, 0.29) is 16.0 Å². The fourth-order valence-electron chi connectivity index (χ4n) is 3.14. The minimum absolute atomic E-state index is 0.0517. The number of nitrogens with zero attached hydrogens (tertiary/aromatic N) is 2. The van der Waals surface area contributed by atoms with Gasteiger partial charge in [0, 0.05) is 32.1 Å². The van der Waals surface area contributed by atoms with E-state index in [1.165, 1.54) is 11.6 Å². The summed E-state index contributed by atoms with van der Waals surface area (Å²) in [7, 11) is -1.59. The molecule has 2 heterocycles. The SMILES string of the molecule is CN(CCc1ccc(C2=NCCN2)cc1)C(=O)CCCNCS(=O)(=O)c1ccc(Cl)s1.O=C(O)C(F)(F)F. The Morgan fingerprint density at radius 1 is 1.21 bits per heavy atom. The normalized spacial score (nSPS) is 13.2. The lowest BCUT2D eigenvalue weighted by atomic mass is 10.1. The van der Waals surface area contributed by atoms with Crippen LogP contribution in [0.1, 0.15) is 24.0 Å². The first-order valence-electron chi connectivity index (χ1n) is 11.4. The van der Waals surface area contributed by atoms with Crippen LogP contribution in [0.3, 0.4) is 0 Å². The highest BCUT2D eigenvalue weighted by Gasteiger charge is 2.38. The number of hydrogen-bond donors (Lipinski definition) is 3. The molecule has 2 aromatic rings. The monoisotopic (exact) mass is 596 g/mol. The van der Waals surface area contributed by atoms with Crippen LogP contribution in [0, 0.1) is 0 Å². The van der Waals surface area contributed by atoms with Crippen LogP contribution >= 0.6 is 22.9 Å². The van der Waals surface area contributed by atoms with Gasteiger partial charge in [0.05, 0.1) is 10.9 Å². The number of amides is 1. The number of nitrogens with one attached hydrogen (secondary N) is 2. The van der Waals surface area contributed by atoms with Crippen molar-refractivity contribution in [3.63, 3.8) is 0 Å². The smallest absolute Gasteiger partial charge is 0.475 e. The summed E-state index contributed by atoms with van der Waals surface area (Å²) in [4.78, 5) is 27.4. The fraction of sp³-hybridized carbons (Fsp3) is 0.435. The number of thiophene rings is 1. The van der Waals surface area contributed by atoms with Crippen LogP contribution in [0.25, 0.3) is 0 Å². The Labute approximate surface area is 227 Å². The van der Waals surface area contributed by atoms with Crippen molar-refractivity contribution in [1.29, 1.82) is 0 Å². The number of alkyl halides is 3. The number of carboxylic acid groups (broad SMARTS) is 1. The van der Waals surface area contributed by atoms with Crippen LogP contribution in [0.2, 0.25) is 4.34 Å². The number of aliphatic carboxylic acids is 1. The number of carbonyl (C=O) groups is 2. The zero-order chi connectivity index (χ0) is 28.3. The van der Waals surface area contributed by atoms with E-state index in [9.17, 15) is 26.4 Å². The van der Waals surface area contributed by atoms with Crippen molar-refractivity contribution >= 4 is 50.5 Å². The second kappa shape index (κ2) is 14.5. The van der Waals surface area contributed by atoms with Gasteiger partial charge in [-0.2, -0.15) is 13.2 Å². The van der Waals surface area contributed by atoms with E-state index in [1.54, 1.807) is 18.0 Å². The van der Waals surface area contributed by atoms with Gasteiger partial charge in [-0.05, 0) is 37.1 Å². The molecule has 0 spiro atoms. The van der Waals surface area contributed by atoms with Crippen LogP contribution in [-0.2, 0) is 25.8 Å². The Bertz CT molecular complexity index is 1220. The van der Waals surface area contributed by atoms with Gasteiger partial charge in [-0.3, -0.25) is 9.79 Å². The topological polar surface area (TPSA) is 128 Å². The zero-order valence-electron chi connectivity index (χ0n) is 20.4. The molecule has 0 aliphatic carbocycles. The molecule has 0 fully saturated rings. The van der Waals surface area contributed by atoms with Crippen molar-refractivity contribution in [2.45, 2.75) is 29.6 Å². The zero-order valence-corrected chi connectivity index (χ0v) is 22.8.